The van der Waals surface area contributed by atoms with Crippen LogP contribution in [0.5, 0.6) is 0 Å². The molecule has 0 atom stereocenters. The zero-order valence-corrected chi connectivity index (χ0v) is 16.5. The highest BCUT2D eigenvalue weighted by molar-refractivity contribution is 7.09. The predicted molar refractivity (Wildman–Crippen MR) is 103 cm³/mol. The number of piperazine rings is 1. The van der Waals surface area contributed by atoms with E-state index in [9.17, 15) is 0 Å². The topological polar surface area (TPSA) is 75.3 Å². The molecule has 3 aromatic heterocycles. The lowest BCUT2D eigenvalue weighted by molar-refractivity contribution is 0.525. The number of rotatable bonds is 3. The first-order chi connectivity index (χ1) is 12.5. The molecule has 0 aromatic carbocycles. The molecule has 1 fully saturated rings. The Balaban J connectivity index is 1.52. The van der Waals surface area contributed by atoms with Crippen LogP contribution in [0.2, 0.25) is 0 Å². The van der Waals surface area contributed by atoms with Crippen LogP contribution in [0.25, 0.3) is 5.65 Å². The van der Waals surface area contributed by atoms with Crippen LogP contribution in [-0.4, -0.2) is 55.3 Å². The second-order valence-electron chi connectivity index (χ2n) is 7.56. The van der Waals surface area contributed by atoms with E-state index in [-0.39, 0.29) is 5.41 Å². The zero-order chi connectivity index (χ0) is 18.3. The Morgan fingerprint density at radius 3 is 2.42 bits per heavy atom. The molecule has 8 nitrogen and oxygen atoms in total. The van der Waals surface area contributed by atoms with E-state index < -0.39 is 0 Å². The Kier molecular flexibility index (Phi) is 4.26. The highest BCUT2D eigenvalue weighted by Gasteiger charge is 2.24. The summed E-state index contributed by atoms with van der Waals surface area (Å²) in [7, 11) is 0. The SMILES string of the molecule is CCc1nsc(N2CCN(c3ccc4nnc(C(C)(C)C)n4n3)CC2)n1. The molecule has 0 unspecified atom stereocenters. The Bertz CT molecular complexity index is 901. The molecule has 0 radical (unpaired) electrons. The van der Waals surface area contributed by atoms with Crippen LogP contribution in [0.4, 0.5) is 10.9 Å². The first-order valence-corrected chi connectivity index (χ1v) is 9.78. The van der Waals surface area contributed by atoms with Crippen LogP contribution in [-0.2, 0) is 11.8 Å². The van der Waals surface area contributed by atoms with Crippen molar-refractivity contribution in [2.24, 2.45) is 0 Å². The van der Waals surface area contributed by atoms with Crippen molar-refractivity contribution in [2.75, 3.05) is 36.0 Å². The Morgan fingerprint density at radius 2 is 1.77 bits per heavy atom. The smallest absolute Gasteiger partial charge is 0.205 e. The average molecular weight is 373 g/mol. The minimum atomic E-state index is -0.0986. The van der Waals surface area contributed by atoms with Crippen molar-refractivity contribution >= 4 is 28.1 Å². The molecule has 3 aromatic rings. The summed E-state index contributed by atoms with van der Waals surface area (Å²) in [6.07, 6.45) is 0.884. The van der Waals surface area contributed by atoms with E-state index in [0.717, 1.165) is 60.8 Å². The van der Waals surface area contributed by atoms with Gasteiger partial charge in [-0.05, 0) is 12.1 Å². The molecule has 0 saturated carbocycles. The minimum absolute atomic E-state index is 0.0986. The molecule has 0 spiro atoms. The lowest BCUT2D eigenvalue weighted by atomic mass is 9.96. The lowest BCUT2D eigenvalue weighted by Crippen LogP contribution is -2.47. The minimum Gasteiger partial charge on any atom is -0.352 e. The van der Waals surface area contributed by atoms with Gasteiger partial charge in [-0.15, -0.1) is 15.3 Å². The molecular weight excluding hydrogens is 348 g/mol. The Labute approximate surface area is 157 Å². The van der Waals surface area contributed by atoms with Crippen LogP contribution < -0.4 is 9.80 Å². The second-order valence-corrected chi connectivity index (χ2v) is 8.29. The van der Waals surface area contributed by atoms with Crippen LogP contribution in [0.3, 0.4) is 0 Å². The maximum Gasteiger partial charge on any atom is 0.205 e. The second kappa shape index (κ2) is 6.46. The normalized spacial score (nSPS) is 15.8. The van der Waals surface area contributed by atoms with Gasteiger partial charge in [0.05, 0.1) is 0 Å². The summed E-state index contributed by atoms with van der Waals surface area (Å²) in [6.45, 7) is 12.1. The average Bonchev–Trinajstić information content (AvgIpc) is 3.27. The number of fused-ring (bicyclic) bond motifs is 1. The van der Waals surface area contributed by atoms with Crippen LogP contribution >= 0.6 is 11.5 Å². The fourth-order valence-corrected chi connectivity index (χ4v) is 3.86. The molecule has 4 rings (SSSR count). The first kappa shape index (κ1) is 17.1. The summed E-state index contributed by atoms with van der Waals surface area (Å²) in [5, 5.41) is 14.4. The molecule has 0 N–H and O–H groups in total. The quantitative estimate of drug-likeness (QED) is 0.697. The summed E-state index contributed by atoms with van der Waals surface area (Å²) < 4.78 is 6.27. The van der Waals surface area contributed by atoms with Gasteiger partial charge >= 0.3 is 0 Å². The van der Waals surface area contributed by atoms with Crippen molar-refractivity contribution < 1.29 is 0 Å². The highest BCUT2D eigenvalue weighted by atomic mass is 32.1. The van der Waals surface area contributed by atoms with E-state index in [1.165, 1.54) is 11.5 Å². The van der Waals surface area contributed by atoms with Crippen molar-refractivity contribution in [1.82, 2.24) is 29.2 Å². The standard InChI is InChI=1S/C17H24N8S/c1-5-12-18-16(26-22-12)24-10-8-23(9-11-24)14-7-6-13-19-20-15(17(2,3)4)25(13)21-14/h6-7H,5,8-11H2,1-4H3. The third-order valence-electron chi connectivity index (χ3n) is 4.57. The molecule has 0 amide bonds. The number of aromatic nitrogens is 6. The van der Waals surface area contributed by atoms with Gasteiger partial charge in [-0.1, -0.05) is 27.7 Å². The van der Waals surface area contributed by atoms with Gasteiger partial charge in [0.15, 0.2) is 11.5 Å². The monoisotopic (exact) mass is 372 g/mol. The molecule has 1 aliphatic rings. The van der Waals surface area contributed by atoms with Gasteiger partial charge in [0, 0.05) is 49.5 Å². The summed E-state index contributed by atoms with van der Waals surface area (Å²) in [6, 6.07) is 4.03. The number of hydrogen-bond acceptors (Lipinski definition) is 8. The highest BCUT2D eigenvalue weighted by Crippen LogP contribution is 2.23. The van der Waals surface area contributed by atoms with E-state index in [0.29, 0.717) is 0 Å². The number of aryl methyl sites for hydroxylation is 1. The van der Waals surface area contributed by atoms with Gasteiger partial charge in [0.25, 0.3) is 0 Å². The molecule has 0 bridgehead atoms. The Hall–Kier alpha value is -2.29. The van der Waals surface area contributed by atoms with Gasteiger partial charge in [0.2, 0.25) is 5.13 Å². The lowest BCUT2D eigenvalue weighted by Gasteiger charge is -2.34. The van der Waals surface area contributed by atoms with E-state index in [4.69, 9.17) is 5.10 Å². The fraction of sp³-hybridized carbons (Fsp3) is 0.588. The van der Waals surface area contributed by atoms with Gasteiger partial charge in [-0.2, -0.15) is 8.89 Å². The molecule has 138 valence electrons. The molecular formula is C17H24N8S. The third-order valence-corrected chi connectivity index (χ3v) is 5.38. The number of nitrogens with zero attached hydrogens (tertiary/aromatic N) is 8. The van der Waals surface area contributed by atoms with Crippen molar-refractivity contribution in [3.05, 3.63) is 23.8 Å². The van der Waals surface area contributed by atoms with E-state index in [1.54, 1.807) is 0 Å². The molecule has 26 heavy (non-hydrogen) atoms. The molecule has 1 aliphatic heterocycles. The van der Waals surface area contributed by atoms with Crippen LogP contribution in [0.1, 0.15) is 39.3 Å². The van der Waals surface area contributed by atoms with Crippen LogP contribution in [0, 0.1) is 0 Å². The van der Waals surface area contributed by atoms with Gasteiger partial charge < -0.3 is 9.80 Å². The molecule has 1 saturated heterocycles. The summed E-state index contributed by atoms with van der Waals surface area (Å²) in [4.78, 5) is 9.22. The first-order valence-electron chi connectivity index (χ1n) is 9.01. The van der Waals surface area contributed by atoms with Crippen LogP contribution in [0.15, 0.2) is 12.1 Å². The van der Waals surface area contributed by atoms with Crippen molar-refractivity contribution in [3.8, 4) is 0 Å². The van der Waals surface area contributed by atoms with E-state index >= 15 is 0 Å². The number of anilines is 2. The van der Waals surface area contributed by atoms with Gasteiger partial charge in [0.1, 0.15) is 11.6 Å². The van der Waals surface area contributed by atoms with Gasteiger partial charge in [-0.3, -0.25) is 0 Å². The molecule has 0 aliphatic carbocycles. The molecule has 9 heteroatoms. The largest absolute Gasteiger partial charge is 0.352 e. The summed E-state index contributed by atoms with van der Waals surface area (Å²) >= 11 is 1.50. The van der Waals surface area contributed by atoms with Gasteiger partial charge in [-0.25, -0.2) is 4.98 Å². The third kappa shape index (κ3) is 3.11. The molecule has 4 heterocycles. The maximum atomic E-state index is 4.81. The summed E-state index contributed by atoms with van der Waals surface area (Å²) in [5.74, 6) is 2.78. The maximum absolute atomic E-state index is 4.81. The predicted octanol–water partition coefficient (Wildman–Crippen LogP) is 2.16. The van der Waals surface area contributed by atoms with Crippen molar-refractivity contribution in [3.63, 3.8) is 0 Å². The fourth-order valence-electron chi connectivity index (χ4n) is 3.06. The number of hydrogen-bond donors (Lipinski definition) is 0. The van der Waals surface area contributed by atoms with Crippen molar-refractivity contribution in [1.29, 1.82) is 0 Å². The zero-order valence-electron chi connectivity index (χ0n) is 15.7. The van der Waals surface area contributed by atoms with E-state index in [1.807, 2.05) is 16.6 Å². The summed E-state index contributed by atoms with van der Waals surface area (Å²) in [5.41, 5.74) is 0.691. The van der Waals surface area contributed by atoms with Crippen molar-refractivity contribution in [2.45, 2.75) is 39.5 Å². The van der Waals surface area contributed by atoms with E-state index in [2.05, 4.69) is 57.0 Å². The Morgan fingerprint density at radius 1 is 1.04 bits per heavy atom.